The Labute approximate surface area is 330 Å². The standard InChI is InChI=1S/C42H84O12/c1-3-5-7-8-9-10-11-12-13-14-15-16-17-18-19-20-42(43)54-41-40-53-39-38-52-37-36-51-35-34-50-33-32-49-31-30-48-29-28-47-27-26-46-25-24-45-23-22-44-21-6-4-2/h3-41H2,1-2H3. The highest BCUT2D eigenvalue weighted by Gasteiger charge is 2.03. The fourth-order valence-corrected chi connectivity index (χ4v) is 5.25. The van der Waals surface area contributed by atoms with Crippen molar-refractivity contribution >= 4 is 5.97 Å². The number of rotatable bonds is 49. The Balaban J connectivity index is 3.12. The summed E-state index contributed by atoms with van der Waals surface area (Å²) in [4.78, 5) is 11.9. The van der Waals surface area contributed by atoms with Gasteiger partial charge in [0.25, 0.3) is 0 Å². The highest BCUT2D eigenvalue weighted by molar-refractivity contribution is 5.69. The van der Waals surface area contributed by atoms with Crippen molar-refractivity contribution in [3.8, 4) is 0 Å². The predicted molar refractivity (Wildman–Crippen MR) is 214 cm³/mol. The van der Waals surface area contributed by atoms with Crippen molar-refractivity contribution in [1.29, 1.82) is 0 Å². The minimum atomic E-state index is -0.128. The lowest BCUT2D eigenvalue weighted by atomic mass is 10.0. The minimum Gasteiger partial charge on any atom is -0.463 e. The molecule has 0 atom stereocenters. The van der Waals surface area contributed by atoms with E-state index in [-0.39, 0.29) is 5.97 Å². The molecule has 0 aromatic rings. The normalized spacial score (nSPS) is 11.5. The van der Waals surface area contributed by atoms with Crippen LogP contribution in [0.3, 0.4) is 0 Å². The molecular formula is C42H84O12. The average Bonchev–Trinajstić information content (AvgIpc) is 3.18. The third-order valence-corrected chi connectivity index (χ3v) is 8.47. The van der Waals surface area contributed by atoms with Crippen molar-refractivity contribution in [1.82, 2.24) is 0 Å². The van der Waals surface area contributed by atoms with Crippen LogP contribution in [0.5, 0.6) is 0 Å². The van der Waals surface area contributed by atoms with Gasteiger partial charge in [-0.15, -0.1) is 0 Å². The van der Waals surface area contributed by atoms with Gasteiger partial charge in [0.1, 0.15) is 6.61 Å². The SMILES string of the molecule is CCCCCCCCCCCCCCCCCC(=O)OCCOCCOCCOCCOCCOCCOCCOCCOCCOCCOCCCC. The summed E-state index contributed by atoms with van der Waals surface area (Å²) < 4.78 is 60.1. The van der Waals surface area contributed by atoms with Crippen LogP contribution < -0.4 is 0 Å². The molecule has 324 valence electrons. The Morgan fingerprint density at radius 1 is 0.259 bits per heavy atom. The molecule has 0 aliphatic heterocycles. The van der Waals surface area contributed by atoms with Crippen molar-refractivity contribution in [3.63, 3.8) is 0 Å². The Hall–Kier alpha value is -0.930. The van der Waals surface area contributed by atoms with Crippen molar-refractivity contribution < 1.29 is 56.9 Å². The van der Waals surface area contributed by atoms with Gasteiger partial charge in [0, 0.05) is 13.0 Å². The maximum atomic E-state index is 11.9. The molecule has 54 heavy (non-hydrogen) atoms. The third kappa shape index (κ3) is 49.1. The number of hydrogen-bond donors (Lipinski definition) is 0. The van der Waals surface area contributed by atoms with Crippen LogP contribution in [-0.4, -0.2) is 145 Å². The fourth-order valence-electron chi connectivity index (χ4n) is 5.25. The molecule has 0 fully saturated rings. The maximum Gasteiger partial charge on any atom is 0.305 e. The van der Waals surface area contributed by atoms with E-state index in [1.807, 2.05) is 0 Å². The number of ether oxygens (including phenoxy) is 11. The average molecular weight is 781 g/mol. The van der Waals surface area contributed by atoms with Gasteiger partial charge in [-0.05, 0) is 12.8 Å². The number of hydrogen-bond acceptors (Lipinski definition) is 12. The molecule has 0 N–H and O–H groups in total. The van der Waals surface area contributed by atoms with Crippen LogP contribution >= 0.6 is 0 Å². The van der Waals surface area contributed by atoms with Crippen LogP contribution in [0.25, 0.3) is 0 Å². The molecule has 12 heteroatoms. The zero-order valence-electron chi connectivity index (χ0n) is 35.0. The number of carbonyl (C=O) groups excluding carboxylic acids is 1. The predicted octanol–water partition coefficient (Wildman–Crippen LogP) is 7.76. The van der Waals surface area contributed by atoms with Gasteiger partial charge < -0.3 is 52.1 Å². The van der Waals surface area contributed by atoms with E-state index >= 15 is 0 Å². The van der Waals surface area contributed by atoms with Gasteiger partial charge in [-0.25, -0.2) is 0 Å². The molecule has 0 heterocycles. The lowest BCUT2D eigenvalue weighted by Gasteiger charge is -2.09. The molecule has 0 saturated carbocycles. The largest absolute Gasteiger partial charge is 0.463 e. The third-order valence-electron chi connectivity index (χ3n) is 8.47. The van der Waals surface area contributed by atoms with Crippen LogP contribution in [0.4, 0.5) is 0 Å². The summed E-state index contributed by atoms with van der Waals surface area (Å²) in [6.07, 6.45) is 22.5. The van der Waals surface area contributed by atoms with E-state index in [1.165, 1.54) is 83.5 Å². The molecule has 12 nitrogen and oxygen atoms in total. The van der Waals surface area contributed by atoms with E-state index < -0.39 is 0 Å². The highest BCUT2D eigenvalue weighted by atomic mass is 16.6. The Morgan fingerprint density at radius 3 is 0.759 bits per heavy atom. The summed E-state index contributed by atoms with van der Waals surface area (Å²) in [6.45, 7) is 15.3. The van der Waals surface area contributed by atoms with Gasteiger partial charge in [-0.2, -0.15) is 0 Å². The van der Waals surface area contributed by atoms with Gasteiger partial charge in [-0.3, -0.25) is 4.79 Å². The molecule has 0 unspecified atom stereocenters. The summed E-state index contributed by atoms with van der Waals surface area (Å²) in [6, 6.07) is 0. The van der Waals surface area contributed by atoms with E-state index in [2.05, 4.69) is 13.8 Å². The molecule has 0 aromatic heterocycles. The van der Waals surface area contributed by atoms with Crippen molar-refractivity contribution in [3.05, 3.63) is 0 Å². The molecule has 0 spiro atoms. The zero-order valence-corrected chi connectivity index (χ0v) is 35.0. The summed E-state index contributed by atoms with van der Waals surface area (Å²) in [5, 5.41) is 0. The van der Waals surface area contributed by atoms with Crippen LogP contribution in [0, 0.1) is 0 Å². The molecule has 0 aliphatic carbocycles. The molecular weight excluding hydrogens is 696 g/mol. The number of unbranched alkanes of at least 4 members (excludes halogenated alkanes) is 15. The second-order valence-corrected chi connectivity index (χ2v) is 13.4. The first-order chi connectivity index (χ1) is 26.8. The van der Waals surface area contributed by atoms with Crippen LogP contribution in [0.1, 0.15) is 129 Å². The number of carbonyl (C=O) groups is 1. The minimum absolute atomic E-state index is 0.128. The van der Waals surface area contributed by atoms with Crippen molar-refractivity contribution in [2.24, 2.45) is 0 Å². The van der Waals surface area contributed by atoms with Crippen molar-refractivity contribution in [2.45, 2.75) is 129 Å². The smallest absolute Gasteiger partial charge is 0.305 e. The number of esters is 1. The molecule has 0 aromatic carbocycles. The van der Waals surface area contributed by atoms with E-state index in [1.54, 1.807) is 0 Å². The maximum absolute atomic E-state index is 11.9. The van der Waals surface area contributed by atoms with Gasteiger partial charge in [0.15, 0.2) is 0 Å². The van der Waals surface area contributed by atoms with E-state index in [0.29, 0.717) is 139 Å². The topological polar surface area (TPSA) is 119 Å². The summed E-state index contributed by atoms with van der Waals surface area (Å²) in [5.41, 5.74) is 0. The Kier molecular flexibility index (Phi) is 49.2. The first-order valence-electron chi connectivity index (χ1n) is 21.7. The van der Waals surface area contributed by atoms with Gasteiger partial charge in [0.05, 0.1) is 126 Å². The second kappa shape index (κ2) is 50.1. The summed E-state index contributed by atoms with van der Waals surface area (Å²) in [5.74, 6) is -0.128. The highest BCUT2D eigenvalue weighted by Crippen LogP contribution is 2.14. The first kappa shape index (κ1) is 53.1. The fraction of sp³-hybridized carbons (Fsp3) is 0.976. The second-order valence-electron chi connectivity index (χ2n) is 13.4. The van der Waals surface area contributed by atoms with Crippen LogP contribution in [-0.2, 0) is 56.9 Å². The van der Waals surface area contributed by atoms with Gasteiger partial charge >= 0.3 is 5.97 Å². The van der Waals surface area contributed by atoms with Crippen molar-refractivity contribution in [2.75, 3.05) is 139 Å². The van der Waals surface area contributed by atoms with E-state index in [9.17, 15) is 4.79 Å². The van der Waals surface area contributed by atoms with E-state index in [4.69, 9.17) is 52.1 Å². The summed E-state index contributed by atoms with van der Waals surface area (Å²) in [7, 11) is 0. The molecule has 0 radical (unpaired) electrons. The first-order valence-corrected chi connectivity index (χ1v) is 21.7. The zero-order chi connectivity index (χ0) is 38.9. The Bertz CT molecular complexity index is 688. The van der Waals surface area contributed by atoms with Gasteiger partial charge in [0.2, 0.25) is 0 Å². The lowest BCUT2D eigenvalue weighted by molar-refractivity contribution is -0.145. The van der Waals surface area contributed by atoms with E-state index in [0.717, 1.165) is 32.3 Å². The van der Waals surface area contributed by atoms with Crippen LogP contribution in [0.2, 0.25) is 0 Å². The van der Waals surface area contributed by atoms with Crippen LogP contribution in [0.15, 0.2) is 0 Å². The molecule has 0 amide bonds. The molecule has 0 aliphatic rings. The Morgan fingerprint density at radius 2 is 0.481 bits per heavy atom. The molecule has 0 saturated heterocycles. The quantitative estimate of drug-likeness (QED) is 0.0444. The summed E-state index contributed by atoms with van der Waals surface area (Å²) >= 11 is 0. The molecule has 0 rings (SSSR count). The monoisotopic (exact) mass is 781 g/mol. The lowest BCUT2D eigenvalue weighted by Crippen LogP contribution is -2.15. The van der Waals surface area contributed by atoms with Gasteiger partial charge in [-0.1, -0.05) is 110 Å². The molecule has 0 bridgehead atoms.